The van der Waals surface area contributed by atoms with Crippen molar-refractivity contribution >= 4 is 37.8 Å². The highest BCUT2D eigenvalue weighted by Gasteiger charge is 2.51. The van der Waals surface area contributed by atoms with Crippen LogP contribution >= 0.6 is 31.9 Å². The Kier molecular flexibility index (Phi) is 3.72. The molecule has 4 heteroatoms. The van der Waals surface area contributed by atoms with Crippen molar-refractivity contribution in [2.45, 2.75) is 5.41 Å². The molecule has 30 heavy (non-hydrogen) atoms. The Morgan fingerprint density at radius 3 is 1.73 bits per heavy atom. The second kappa shape index (κ2) is 6.16. The second-order valence-corrected chi connectivity index (χ2v) is 9.57. The van der Waals surface area contributed by atoms with Crippen molar-refractivity contribution < 1.29 is 9.90 Å². The predicted molar refractivity (Wildman–Crippen MR) is 125 cm³/mol. The monoisotopic (exact) mass is 516 g/mol. The van der Waals surface area contributed by atoms with E-state index in [4.69, 9.17) is 0 Å². The molecule has 2 aliphatic rings. The minimum absolute atomic E-state index is 0.306. The van der Waals surface area contributed by atoms with Crippen LogP contribution in [0.2, 0.25) is 0 Å². The molecule has 0 atom stereocenters. The summed E-state index contributed by atoms with van der Waals surface area (Å²) in [4.78, 5) is 11.9. The number of carboxylic acid groups (broad SMARTS) is 1. The Labute approximate surface area is 190 Å². The minimum Gasteiger partial charge on any atom is -0.478 e. The predicted octanol–water partition coefficient (Wildman–Crippen LogP) is 7.25. The van der Waals surface area contributed by atoms with Crippen LogP contribution in [0.15, 0.2) is 87.8 Å². The summed E-state index contributed by atoms with van der Waals surface area (Å²) >= 11 is 7.34. The Morgan fingerprint density at radius 1 is 0.633 bits per heavy atom. The molecule has 0 heterocycles. The lowest BCUT2D eigenvalue weighted by atomic mass is 9.70. The standard InChI is InChI=1S/C26H14Br2O2/c27-15-6-9-19-20-10-7-16(28)13-24(20)26(23(19)12-15)21-4-2-1-3-17(21)18-8-5-14(25(29)30)11-22(18)26/h1-13H,(H,29,30). The summed E-state index contributed by atoms with van der Waals surface area (Å²) in [7, 11) is 0. The lowest BCUT2D eigenvalue weighted by molar-refractivity contribution is 0.0697. The molecule has 2 aliphatic carbocycles. The van der Waals surface area contributed by atoms with Crippen LogP contribution in [0.5, 0.6) is 0 Å². The number of carboxylic acids is 1. The van der Waals surface area contributed by atoms with Gasteiger partial charge in [-0.1, -0.05) is 74.3 Å². The van der Waals surface area contributed by atoms with Gasteiger partial charge in [-0.2, -0.15) is 0 Å². The molecule has 0 aromatic heterocycles. The molecule has 1 N–H and O–H groups in total. The first-order valence-electron chi connectivity index (χ1n) is 9.60. The van der Waals surface area contributed by atoms with Crippen molar-refractivity contribution in [3.8, 4) is 22.3 Å². The molecule has 2 nitrogen and oxygen atoms in total. The van der Waals surface area contributed by atoms with Crippen LogP contribution in [0.3, 0.4) is 0 Å². The third-order valence-corrected chi connectivity index (χ3v) is 7.34. The summed E-state index contributed by atoms with van der Waals surface area (Å²) in [6.07, 6.45) is 0. The van der Waals surface area contributed by atoms with Crippen LogP contribution in [0.4, 0.5) is 0 Å². The maximum Gasteiger partial charge on any atom is 0.335 e. The molecule has 0 radical (unpaired) electrons. The number of carbonyl (C=O) groups is 1. The number of hydrogen-bond donors (Lipinski definition) is 1. The number of aromatic carboxylic acids is 1. The number of hydrogen-bond acceptors (Lipinski definition) is 1. The van der Waals surface area contributed by atoms with E-state index in [0.29, 0.717) is 5.56 Å². The third kappa shape index (κ3) is 2.16. The topological polar surface area (TPSA) is 37.3 Å². The lowest BCUT2D eigenvalue weighted by Gasteiger charge is -2.30. The molecule has 0 aliphatic heterocycles. The number of fused-ring (bicyclic) bond motifs is 10. The largest absolute Gasteiger partial charge is 0.478 e. The highest BCUT2D eigenvalue weighted by molar-refractivity contribution is 9.10. The van der Waals surface area contributed by atoms with Crippen molar-refractivity contribution in [3.63, 3.8) is 0 Å². The van der Waals surface area contributed by atoms with Crippen molar-refractivity contribution in [1.29, 1.82) is 0 Å². The molecule has 1 spiro atoms. The van der Waals surface area contributed by atoms with E-state index < -0.39 is 11.4 Å². The summed E-state index contributed by atoms with van der Waals surface area (Å²) in [5.41, 5.74) is 8.96. The number of benzene rings is 4. The van der Waals surface area contributed by atoms with Gasteiger partial charge in [0.2, 0.25) is 0 Å². The van der Waals surface area contributed by atoms with Crippen LogP contribution in [0.25, 0.3) is 22.3 Å². The summed E-state index contributed by atoms with van der Waals surface area (Å²) in [6, 6.07) is 26.8. The molecule has 144 valence electrons. The van der Waals surface area contributed by atoms with Crippen molar-refractivity contribution in [2.24, 2.45) is 0 Å². The Hall–Kier alpha value is -2.69. The maximum absolute atomic E-state index is 11.9. The van der Waals surface area contributed by atoms with Crippen LogP contribution in [-0.4, -0.2) is 11.1 Å². The van der Waals surface area contributed by atoms with E-state index in [9.17, 15) is 9.90 Å². The van der Waals surface area contributed by atoms with E-state index in [1.165, 1.54) is 27.8 Å². The molecule has 0 unspecified atom stereocenters. The Bertz CT molecular complexity index is 1350. The first-order valence-corrected chi connectivity index (χ1v) is 11.2. The van der Waals surface area contributed by atoms with Crippen LogP contribution < -0.4 is 0 Å². The summed E-state index contributed by atoms with van der Waals surface area (Å²) < 4.78 is 2.01. The lowest BCUT2D eigenvalue weighted by Crippen LogP contribution is -2.26. The van der Waals surface area contributed by atoms with Gasteiger partial charge in [0.25, 0.3) is 0 Å². The van der Waals surface area contributed by atoms with E-state index in [1.807, 2.05) is 18.2 Å². The zero-order valence-corrected chi connectivity index (χ0v) is 18.8. The van der Waals surface area contributed by atoms with Crippen LogP contribution in [0.1, 0.15) is 32.6 Å². The van der Waals surface area contributed by atoms with Gasteiger partial charge in [-0.3, -0.25) is 0 Å². The zero-order chi connectivity index (χ0) is 20.6. The van der Waals surface area contributed by atoms with Gasteiger partial charge in [0, 0.05) is 8.95 Å². The smallest absolute Gasteiger partial charge is 0.335 e. The Balaban J connectivity index is 1.85. The van der Waals surface area contributed by atoms with Crippen molar-refractivity contribution in [3.05, 3.63) is 116 Å². The van der Waals surface area contributed by atoms with E-state index >= 15 is 0 Å². The SMILES string of the molecule is O=C(O)c1ccc2c(c1)C1(c3ccccc3-2)c2cc(Br)ccc2-c2ccc(Br)cc21. The zero-order valence-electron chi connectivity index (χ0n) is 15.6. The van der Waals surface area contributed by atoms with Gasteiger partial charge in [0.05, 0.1) is 11.0 Å². The first-order chi connectivity index (χ1) is 14.5. The molecular weight excluding hydrogens is 504 g/mol. The van der Waals surface area contributed by atoms with E-state index in [1.54, 1.807) is 6.07 Å². The van der Waals surface area contributed by atoms with E-state index in [-0.39, 0.29) is 0 Å². The highest BCUT2D eigenvalue weighted by Crippen LogP contribution is 2.63. The van der Waals surface area contributed by atoms with Gasteiger partial charge in [-0.05, 0) is 80.9 Å². The normalized spacial score (nSPS) is 14.2. The molecule has 4 aromatic carbocycles. The third-order valence-electron chi connectivity index (χ3n) is 6.35. The maximum atomic E-state index is 11.9. The van der Waals surface area contributed by atoms with Crippen LogP contribution in [0, 0.1) is 0 Å². The summed E-state index contributed by atoms with van der Waals surface area (Å²) in [6.45, 7) is 0. The quantitative estimate of drug-likeness (QED) is 0.249. The molecule has 0 fully saturated rings. The molecule has 6 rings (SSSR count). The average molecular weight is 518 g/mol. The number of rotatable bonds is 1. The van der Waals surface area contributed by atoms with Gasteiger partial charge >= 0.3 is 5.97 Å². The van der Waals surface area contributed by atoms with Crippen molar-refractivity contribution in [1.82, 2.24) is 0 Å². The fraction of sp³-hybridized carbons (Fsp3) is 0.0385. The van der Waals surface area contributed by atoms with Gasteiger partial charge in [-0.15, -0.1) is 0 Å². The van der Waals surface area contributed by atoms with E-state index in [2.05, 4.69) is 86.5 Å². The molecule has 4 aromatic rings. The average Bonchev–Trinajstić information content (AvgIpc) is 3.19. The summed E-state index contributed by atoms with van der Waals surface area (Å²) in [5, 5.41) is 9.73. The molecule has 0 amide bonds. The van der Waals surface area contributed by atoms with Crippen LogP contribution in [-0.2, 0) is 5.41 Å². The van der Waals surface area contributed by atoms with Gasteiger partial charge < -0.3 is 5.11 Å². The minimum atomic E-state index is -0.911. The molecule has 0 bridgehead atoms. The molecule has 0 saturated carbocycles. The number of halogens is 2. The van der Waals surface area contributed by atoms with Gasteiger partial charge in [-0.25, -0.2) is 4.79 Å². The van der Waals surface area contributed by atoms with Crippen molar-refractivity contribution in [2.75, 3.05) is 0 Å². The fourth-order valence-electron chi connectivity index (χ4n) is 5.26. The van der Waals surface area contributed by atoms with E-state index in [0.717, 1.165) is 25.6 Å². The molecule has 0 saturated heterocycles. The summed E-state index contributed by atoms with van der Waals surface area (Å²) in [5.74, 6) is -0.911. The van der Waals surface area contributed by atoms with Gasteiger partial charge in [0.1, 0.15) is 0 Å². The first kappa shape index (κ1) is 18.1. The highest BCUT2D eigenvalue weighted by atomic mass is 79.9. The molecular formula is C26H14Br2O2. The fourth-order valence-corrected chi connectivity index (χ4v) is 5.98. The second-order valence-electron chi connectivity index (χ2n) is 7.74. The van der Waals surface area contributed by atoms with Gasteiger partial charge in [0.15, 0.2) is 0 Å². The Morgan fingerprint density at radius 2 is 1.13 bits per heavy atom.